The molecule has 1 atom stereocenters. The Morgan fingerprint density at radius 1 is 1.53 bits per heavy atom. The van der Waals surface area contributed by atoms with Crippen molar-refractivity contribution in [2.75, 3.05) is 17.7 Å². The van der Waals surface area contributed by atoms with E-state index >= 15 is 0 Å². The number of rotatable bonds is 4. The molecule has 0 fully saturated rings. The summed E-state index contributed by atoms with van der Waals surface area (Å²) in [5, 5.41) is 21.9. The molecule has 5 heteroatoms. The summed E-state index contributed by atoms with van der Waals surface area (Å²) in [6.45, 7) is 2.19. The number of alkyl halides is 1. The Morgan fingerprint density at radius 3 is 2.73 bits per heavy atom. The number of benzene rings is 1. The predicted octanol–water partition coefficient (Wildman–Crippen LogP) is 2.47. The lowest BCUT2D eigenvalue weighted by molar-refractivity contribution is 0.211. The number of aryl methyl sites for hydroxylation is 1. The molecule has 15 heavy (non-hydrogen) atoms. The zero-order valence-electron chi connectivity index (χ0n) is 8.30. The van der Waals surface area contributed by atoms with Crippen LogP contribution < -0.4 is 5.32 Å². The van der Waals surface area contributed by atoms with Gasteiger partial charge >= 0.3 is 0 Å². The molecule has 0 aromatic heterocycles. The second-order valence-corrected chi connectivity index (χ2v) is 4.53. The first kappa shape index (κ1) is 12.6. The summed E-state index contributed by atoms with van der Waals surface area (Å²) in [6, 6.07) is 3.48. The SMILES string of the molecule is Cc1cc(Br)cc(O)c1NCC(O)CCl. The molecule has 3 nitrogen and oxygen atoms in total. The molecule has 0 aliphatic heterocycles. The van der Waals surface area contributed by atoms with E-state index in [1.165, 1.54) is 0 Å². The van der Waals surface area contributed by atoms with Gasteiger partial charge in [-0.3, -0.25) is 0 Å². The zero-order valence-corrected chi connectivity index (χ0v) is 10.6. The van der Waals surface area contributed by atoms with Gasteiger partial charge < -0.3 is 15.5 Å². The van der Waals surface area contributed by atoms with Crippen LogP contribution in [0.4, 0.5) is 5.69 Å². The molecular formula is C10H13BrClNO2. The first-order valence-corrected chi connectivity index (χ1v) is 5.84. The van der Waals surface area contributed by atoms with Crippen LogP contribution in [-0.2, 0) is 0 Å². The normalized spacial score (nSPS) is 12.5. The number of aliphatic hydroxyl groups excluding tert-OH is 1. The molecule has 0 aliphatic rings. The van der Waals surface area contributed by atoms with Gasteiger partial charge in [0.1, 0.15) is 5.75 Å². The maximum absolute atomic E-state index is 9.65. The Kier molecular flexibility index (Phi) is 4.70. The van der Waals surface area contributed by atoms with Crippen molar-refractivity contribution < 1.29 is 10.2 Å². The van der Waals surface area contributed by atoms with E-state index in [1.54, 1.807) is 6.07 Å². The monoisotopic (exact) mass is 293 g/mol. The summed E-state index contributed by atoms with van der Waals surface area (Å²) in [4.78, 5) is 0. The molecule has 1 unspecified atom stereocenters. The summed E-state index contributed by atoms with van der Waals surface area (Å²) >= 11 is 8.75. The Balaban J connectivity index is 2.77. The van der Waals surface area contributed by atoms with Crippen LogP contribution in [0.2, 0.25) is 0 Å². The molecule has 3 N–H and O–H groups in total. The maximum Gasteiger partial charge on any atom is 0.140 e. The van der Waals surface area contributed by atoms with Crippen LogP contribution in [0.15, 0.2) is 16.6 Å². The minimum atomic E-state index is -0.617. The zero-order chi connectivity index (χ0) is 11.4. The van der Waals surface area contributed by atoms with Crippen LogP contribution in [0.25, 0.3) is 0 Å². The lowest BCUT2D eigenvalue weighted by atomic mass is 10.2. The van der Waals surface area contributed by atoms with E-state index in [0.717, 1.165) is 10.0 Å². The number of aliphatic hydroxyl groups is 1. The van der Waals surface area contributed by atoms with Crippen LogP contribution in [0.1, 0.15) is 5.56 Å². The molecule has 0 aliphatic carbocycles. The Bertz CT molecular complexity index is 323. The third-order valence-electron chi connectivity index (χ3n) is 1.97. The van der Waals surface area contributed by atoms with Crippen molar-refractivity contribution in [3.05, 3.63) is 22.2 Å². The van der Waals surface area contributed by atoms with Gasteiger partial charge in [0.25, 0.3) is 0 Å². The lowest BCUT2D eigenvalue weighted by Crippen LogP contribution is -2.21. The summed E-state index contributed by atoms with van der Waals surface area (Å²) in [7, 11) is 0. The van der Waals surface area contributed by atoms with Gasteiger partial charge in [-0.15, -0.1) is 11.6 Å². The average Bonchev–Trinajstić information content (AvgIpc) is 2.15. The molecule has 0 radical (unpaired) electrons. The maximum atomic E-state index is 9.65. The van der Waals surface area contributed by atoms with Crippen LogP contribution in [-0.4, -0.2) is 28.7 Å². The van der Waals surface area contributed by atoms with Crippen molar-refractivity contribution in [1.29, 1.82) is 0 Å². The predicted molar refractivity (Wildman–Crippen MR) is 65.8 cm³/mol. The Morgan fingerprint density at radius 2 is 2.20 bits per heavy atom. The first-order chi connectivity index (χ1) is 7.04. The number of halogens is 2. The molecule has 1 aromatic rings. The molecule has 0 amide bonds. The topological polar surface area (TPSA) is 52.5 Å². The molecule has 1 aromatic carbocycles. The average molecular weight is 295 g/mol. The minimum Gasteiger partial charge on any atom is -0.506 e. The number of phenolic OH excluding ortho intramolecular Hbond substituents is 1. The highest BCUT2D eigenvalue weighted by molar-refractivity contribution is 9.10. The Hall–Kier alpha value is -0.450. The summed E-state index contributed by atoms with van der Waals surface area (Å²) in [5.41, 5.74) is 1.53. The number of aromatic hydroxyl groups is 1. The van der Waals surface area contributed by atoms with Crippen molar-refractivity contribution in [3.8, 4) is 5.75 Å². The van der Waals surface area contributed by atoms with E-state index in [0.29, 0.717) is 12.2 Å². The quantitative estimate of drug-likeness (QED) is 0.591. The summed E-state index contributed by atoms with van der Waals surface area (Å²) in [5.74, 6) is 0.326. The fourth-order valence-corrected chi connectivity index (χ4v) is 1.90. The van der Waals surface area contributed by atoms with Gasteiger partial charge in [-0.05, 0) is 24.6 Å². The lowest BCUT2D eigenvalue weighted by Gasteiger charge is -2.14. The third-order valence-corrected chi connectivity index (χ3v) is 2.79. The summed E-state index contributed by atoms with van der Waals surface area (Å²) < 4.78 is 0.820. The van der Waals surface area contributed by atoms with Crippen LogP contribution in [0.3, 0.4) is 0 Å². The smallest absolute Gasteiger partial charge is 0.140 e. The second kappa shape index (κ2) is 5.58. The third kappa shape index (κ3) is 3.55. The minimum absolute atomic E-state index is 0.156. The van der Waals surface area contributed by atoms with Crippen molar-refractivity contribution in [3.63, 3.8) is 0 Å². The molecule has 0 heterocycles. The molecule has 0 bridgehead atoms. The van der Waals surface area contributed by atoms with Crippen molar-refractivity contribution >= 4 is 33.2 Å². The molecule has 0 saturated heterocycles. The first-order valence-electron chi connectivity index (χ1n) is 4.51. The van der Waals surface area contributed by atoms with E-state index in [4.69, 9.17) is 11.6 Å². The van der Waals surface area contributed by atoms with Crippen LogP contribution in [0, 0.1) is 6.92 Å². The van der Waals surface area contributed by atoms with Crippen LogP contribution >= 0.6 is 27.5 Å². The second-order valence-electron chi connectivity index (χ2n) is 3.31. The molecule has 0 saturated carbocycles. The van der Waals surface area contributed by atoms with Gasteiger partial charge in [0.05, 0.1) is 17.7 Å². The fourth-order valence-electron chi connectivity index (χ4n) is 1.23. The highest BCUT2D eigenvalue weighted by Gasteiger charge is 2.08. The highest BCUT2D eigenvalue weighted by Crippen LogP contribution is 2.30. The number of phenols is 1. The van der Waals surface area contributed by atoms with Crippen molar-refractivity contribution in [1.82, 2.24) is 0 Å². The molecule has 0 spiro atoms. The van der Waals surface area contributed by atoms with Gasteiger partial charge in [0.2, 0.25) is 0 Å². The highest BCUT2D eigenvalue weighted by atomic mass is 79.9. The fraction of sp³-hybridized carbons (Fsp3) is 0.400. The van der Waals surface area contributed by atoms with Gasteiger partial charge in [-0.2, -0.15) is 0 Å². The van der Waals surface area contributed by atoms with E-state index in [2.05, 4.69) is 21.2 Å². The van der Waals surface area contributed by atoms with Gasteiger partial charge in [-0.25, -0.2) is 0 Å². The van der Waals surface area contributed by atoms with Gasteiger partial charge in [0.15, 0.2) is 0 Å². The van der Waals surface area contributed by atoms with E-state index in [1.807, 2.05) is 13.0 Å². The number of hydrogen-bond donors (Lipinski definition) is 3. The van der Waals surface area contributed by atoms with E-state index in [9.17, 15) is 10.2 Å². The van der Waals surface area contributed by atoms with Gasteiger partial charge in [-0.1, -0.05) is 15.9 Å². The number of anilines is 1. The molecule has 84 valence electrons. The standard InChI is InChI=1S/C10H13BrClNO2/c1-6-2-7(11)3-9(15)10(6)13-5-8(14)4-12/h2-3,8,13-15H,4-5H2,1H3. The Labute approximate surface area is 102 Å². The van der Waals surface area contributed by atoms with E-state index < -0.39 is 6.10 Å². The largest absolute Gasteiger partial charge is 0.506 e. The summed E-state index contributed by atoms with van der Waals surface area (Å²) in [6.07, 6.45) is -0.617. The van der Waals surface area contributed by atoms with E-state index in [-0.39, 0.29) is 11.6 Å². The number of hydrogen-bond acceptors (Lipinski definition) is 3. The number of nitrogens with one attached hydrogen (secondary N) is 1. The molecule has 1 rings (SSSR count). The van der Waals surface area contributed by atoms with Gasteiger partial charge in [0, 0.05) is 11.0 Å². The van der Waals surface area contributed by atoms with Crippen molar-refractivity contribution in [2.24, 2.45) is 0 Å². The molecular weight excluding hydrogens is 281 g/mol. The van der Waals surface area contributed by atoms with Crippen LogP contribution in [0.5, 0.6) is 5.75 Å². The van der Waals surface area contributed by atoms with Crippen molar-refractivity contribution in [2.45, 2.75) is 13.0 Å².